The predicted octanol–water partition coefficient (Wildman–Crippen LogP) is 8.06. The van der Waals surface area contributed by atoms with E-state index in [1.165, 1.54) is 4.90 Å². The molecule has 1 aliphatic heterocycles. The maximum absolute atomic E-state index is 13.5. The Labute approximate surface area is 255 Å². The SMILES string of the molecule is O=C(NCCc1cccc2ccccc12)O[C@@H]1CCN(C(=O)c2cc(C(F)(F)F)cc(C(F)(F)F)c2)[C@@H](Cc2ccccc2)C1. The zero-order valence-corrected chi connectivity index (χ0v) is 24.0. The maximum Gasteiger partial charge on any atom is 0.416 e. The second-order valence-corrected chi connectivity index (χ2v) is 11.0. The van der Waals surface area contributed by atoms with Crippen molar-refractivity contribution in [1.29, 1.82) is 0 Å². The molecule has 0 saturated carbocycles. The first-order valence-corrected chi connectivity index (χ1v) is 14.4. The van der Waals surface area contributed by atoms with Crippen LogP contribution in [0.15, 0.2) is 91.0 Å². The van der Waals surface area contributed by atoms with Crippen molar-refractivity contribution in [3.8, 4) is 0 Å². The van der Waals surface area contributed by atoms with E-state index in [4.69, 9.17) is 4.74 Å². The number of alkyl halides is 6. The van der Waals surface area contributed by atoms with Crippen LogP contribution in [-0.4, -0.2) is 42.1 Å². The van der Waals surface area contributed by atoms with Crippen LogP contribution in [0, 0.1) is 0 Å². The molecule has 0 aromatic heterocycles. The molecule has 2 amide bonds. The first-order chi connectivity index (χ1) is 21.4. The van der Waals surface area contributed by atoms with Crippen LogP contribution < -0.4 is 5.32 Å². The average Bonchev–Trinajstić information content (AvgIpc) is 3.00. The van der Waals surface area contributed by atoms with Crippen LogP contribution in [0.5, 0.6) is 0 Å². The third-order valence-corrected chi connectivity index (χ3v) is 7.89. The van der Waals surface area contributed by atoms with Gasteiger partial charge >= 0.3 is 18.4 Å². The smallest absolute Gasteiger partial charge is 0.416 e. The Morgan fingerprint density at radius 3 is 2.16 bits per heavy atom. The van der Waals surface area contributed by atoms with E-state index in [-0.39, 0.29) is 31.9 Å². The van der Waals surface area contributed by atoms with Crippen molar-refractivity contribution >= 4 is 22.8 Å². The minimum absolute atomic E-state index is 0.00279. The first-order valence-electron chi connectivity index (χ1n) is 14.4. The van der Waals surface area contributed by atoms with Crippen LogP contribution in [0.25, 0.3) is 10.8 Å². The molecule has 11 heteroatoms. The van der Waals surface area contributed by atoms with Crippen molar-refractivity contribution in [1.82, 2.24) is 10.2 Å². The highest BCUT2D eigenvalue weighted by Crippen LogP contribution is 2.37. The number of alkyl carbamates (subject to hydrolysis) is 1. The van der Waals surface area contributed by atoms with Gasteiger partial charge in [0.1, 0.15) is 6.10 Å². The molecular formula is C34H30F6N2O3. The van der Waals surface area contributed by atoms with Gasteiger partial charge in [-0.25, -0.2) is 4.79 Å². The van der Waals surface area contributed by atoms with E-state index in [9.17, 15) is 35.9 Å². The summed E-state index contributed by atoms with van der Waals surface area (Å²) < 4.78 is 86.6. The van der Waals surface area contributed by atoms with Crippen LogP contribution in [0.2, 0.25) is 0 Å². The number of carbonyl (C=O) groups excluding carboxylic acids is 2. The molecule has 0 radical (unpaired) electrons. The number of piperidine rings is 1. The molecule has 1 aliphatic rings. The molecule has 236 valence electrons. The number of hydrogen-bond donors (Lipinski definition) is 1. The second-order valence-electron chi connectivity index (χ2n) is 11.0. The van der Waals surface area contributed by atoms with Gasteiger partial charge in [0.05, 0.1) is 11.1 Å². The van der Waals surface area contributed by atoms with Crippen molar-refractivity contribution in [2.75, 3.05) is 13.1 Å². The minimum Gasteiger partial charge on any atom is -0.446 e. The first kappa shape index (κ1) is 31.9. The number of benzene rings is 4. The van der Waals surface area contributed by atoms with Crippen molar-refractivity contribution in [2.45, 2.75) is 50.2 Å². The molecule has 45 heavy (non-hydrogen) atoms. The number of carbonyl (C=O) groups is 2. The largest absolute Gasteiger partial charge is 0.446 e. The molecule has 0 aliphatic carbocycles. The number of ether oxygens (including phenoxy) is 1. The molecule has 5 rings (SSSR count). The second kappa shape index (κ2) is 13.2. The molecule has 0 bridgehead atoms. The van der Waals surface area contributed by atoms with Gasteiger partial charge in [-0.15, -0.1) is 0 Å². The van der Waals surface area contributed by atoms with Gasteiger partial charge in [-0.3, -0.25) is 4.79 Å². The zero-order chi connectivity index (χ0) is 32.2. The van der Waals surface area contributed by atoms with Gasteiger partial charge in [-0.05, 0) is 52.9 Å². The average molecular weight is 629 g/mol. The molecule has 2 atom stereocenters. The fraction of sp³-hybridized carbons (Fsp3) is 0.294. The highest BCUT2D eigenvalue weighted by Gasteiger charge is 2.39. The molecule has 1 fully saturated rings. The Hall–Kier alpha value is -4.54. The Bertz CT molecular complexity index is 1620. The third kappa shape index (κ3) is 7.95. The summed E-state index contributed by atoms with van der Waals surface area (Å²) in [5, 5.41) is 4.92. The molecule has 0 unspecified atom stereocenters. The zero-order valence-electron chi connectivity index (χ0n) is 24.0. The third-order valence-electron chi connectivity index (χ3n) is 7.89. The number of likely N-dealkylation sites (tertiary alicyclic amines) is 1. The van der Waals surface area contributed by atoms with Crippen LogP contribution in [0.4, 0.5) is 31.1 Å². The van der Waals surface area contributed by atoms with Crippen LogP contribution >= 0.6 is 0 Å². The van der Waals surface area contributed by atoms with E-state index >= 15 is 0 Å². The quantitative estimate of drug-likeness (QED) is 0.211. The summed E-state index contributed by atoms with van der Waals surface area (Å²) in [6, 6.07) is 23.1. The van der Waals surface area contributed by atoms with Gasteiger partial charge in [0.25, 0.3) is 5.91 Å². The van der Waals surface area contributed by atoms with E-state index < -0.39 is 53.2 Å². The van der Waals surface area contributed by atoms with Crippen molar-refractivity contribution in [3.05, 3.63) is 119 Å². The Kier molecular flexibility index (Phi) is 9.36. The number of halogens is 6. The molecule has 0 spiro atoms. The van der Waals surface area contributed by atoms with Gasteiger partial charge in [0.2, 0.25) is 0 Å². The highest BCUT2D eigenvalue weighted by atomic mass is 19.4. The van der Waals surface area contributed by atoms with Crippen molar-refractivity contribution < 1.29 is 40.7 Å². The monoisotopic (exact) mass is 628 g/mol. The Balaban J connectivity index is 1.29. The summed E-state index contributed by atoms with van der Waals surface area (Å²) in [5.41, 5.74) is -1.95. The lowest BCUT2D eigenvalue weighted by Crippen LogP contribution is -2.50. The van der Waals surface area contributed by atoms with Crippen molar-refractivity contribution in [2.24, 2.45) is 0 Å². The molecule has 1 N–H and O–H groups in total. The van der Waals surface area contributed by atoms with Crippen LogP contribution in [0.3, 0.4) is 0 Å². The fourth-order valence-electron chi connectivity index (χ4n) is 5.72. The minimum atomic E-state index is -5.08. The topological polar surface area (TPSA) is 58.6 Å². The lowest BCUT2D eigenvalue weighted by Gasteiger charge is -2.39. The van der Waals surface area contributed by atoms with Gasteiger partial charge < -0.3 is 15.0 Å². The van der Waals surface area contributed by atoms with Crippen LogP contribution in [-0.2, 0) is 29.9 Å². The lowest BCUT2D eigenvalue weighted by atomic mass is 9.92. The Morgan fingerprint density at radius 1 is 0.822 bits per heavy atom. The highest BCUT2D eigenvalue weighted by molar-refractivity contribution is 5.95. The van der Waals surface area contributed by atoms with E-state index in [1.54, 1.807) is 30.3 Å². The number of nitrogens with zero attached hydrogens (tertiary/aromatic N) is 1. The van der Waals surface area contributed by atoms with E-state index in [1.807, 2.05) is 42.5 Å². The number of amides is 2. The molecule has 1 heterocycles. The number of hydrogen-bond acceptors (Lipinski definition) is 3. The van der Waals surface area contributed by atoms with Gasteiger partial charge in [0.15, 0.2) is 0 Å². The molecule has 1 saturated heterocycles. The normalized spacial score (nSPS) is 17.2. The maximum atomic E-state index is 13.5. The molecule has 4 aromatic rings. The summed E-state index contributed by atoms with van der Waals surface area (Å²) in [7, 11) is 0. The fourth-order valence-corrected chi connectivity index (χ4v) is 5.72. The van der Waals surface area contributed by atoms with Gasteiger partial charge in [-0.1, -0.05) is 72.8 Å². The number of rotatable bonds is 7. The Morgan fingerprint density at radius 2 is 1.47 bits per heavy atom. The summed E-state index contributed by atoms with van der Waals surface area (Å²) in [6.45, 7) is 0.288. The number of fused-ring (bicyclic) bond motifs is 1. The number of nitrogens with one attached hydrogen (secondary N) is 1. The summed E-state index contributed by atoms with van der Waals surface area (Å²) >= 11 is 0. The summed E-state index contributed by atoms with van der Waals surface area (Å²) in [6.07, 6.45) is -10.3. The van der Waals surface area contributed by atoms with E-state index in [2.05, 4.69) is 5.32 Å². The molecule has 5 nitrogen and oxygen atoms in total. The van der Waals surface area contributed by atoms with E-state index in [0.29, 0.717) is 25.1 Å². The lowest BCUT2D eigenvalue weighted by molar-refractivity contribution is -0.143. The predicted molar refractivity (Wildman–Crippen MR) is 157 cm³/mol. The van der Waals surface area contributed by atoms with Crippen LogP contribution in [0.1, 0.15) is 45.5 Å². The summed E-state index contributed by atoms with van der Waals surface area (Å²) in [5.74, 6) is -0.953. The molecule has 4 aromatic carbocycles. The van der Waals surface area contributed by atoms with Crippen molar-refractivity contribution in [3.63, 3.8) is 0 Å². The van der Waals surface area contributed by atoms with Gasteiger partial charge in [-0.2, -0.15) is 26.3 Å². The van der Waals surface area contributed by atoms with Gasteiger partial charge in [0, 0.05) is 37.5 Å². The van der Waals surface area contributed by atoms with E-state index in [0.717, 1.165) is 21.9 Å². The standard InChI is InChI=1S/C34H30F6N2O3/c35-33(36,37)26-18-25(19-27(20-26)34(38,39)40)31(43)42-16-14-29(21-28(42)17-22-7-2-1-3-8-22)45-32(44)41-15-13-24-11-6-10-23-9-4-5-12-30(23)24/h1-12,18-20,28-29H,13-17,21H2,(H,41,44)/t28-,29+/m0/s1. The molecular weight excluding hydrogens is 598 g/mol. The summed E-state index contributed by atoms with van der Waals surface area (Å²) in [4.78, 5) is 27.5.